The fraction of sp³-hybridized carbons (Fsp3) is 0.176. The number of carbonyl (C=O) groups excluding carboxylic acids is 2. The molecule has 2 unspecified atom stereocenters. The average Bonchev–Trinajstić information content (AvgIpc) is 3.30. The number of hydrogen-bond acceptors (Lipinski definition) is 2. The zero-order valence-corrected chi connectivity index (χ0v) is 13.6. The minimum absolute atomic E-state index is 0.174. The maximum atomic E-state index is 13.1. The number of rotatable bonds is 4. The van der Waals surface area contributed by atoms with E-state index in [1.165, 1.54) is 18.2 Å². The molecule has 0 heterocycles. The van der Waals surface area contributed by atoms with Gasteiger partial charge in [0, 0.05) is 15.8 Å². The lowest BCUT2D eigenvalue weighted by Gasteiger charge is -2.06. The van der Waals surface area contributed by atoms with Crippen molar-refractivity contribution in [3.63, 3.8) is 0 Å². The highest BCUT2D eigenvalue weighted by molar-refractivity contribution is 9.10. The van der Waals surface area contributed by atoms with E-state index in [0.717, 1.165) is 4.47 Å². The van der Waals surface area contributed by atoms with Gasteiger partial charge in [-0.2, -0.15) is 0 Å². The predicted octanol–water partition coefficient (Wildman–Crippen LogP) is 3.80. The van der Waals surface area contributed by atoms with E-state index in [1.807, 2.05) is 12.1 Å². The van der Waals surface area contributed by atoms with E-state index in [1.54, 1.807) is 18.2 Å². The van der Waals surface area contributed by atoms with Crippen LogP contribution in [0.3, 0.4) is 0 Å². The van der Waals surface area contributed by atoms with Crippen LogP contribution in [-0.4, -0.2) is 11.8 Å². The summed E-state index contributed by atoms with van der Waals surface area (Å²) in [5.41, 5.74) is 1.09. The SMILES string of the molecule is O=C(Nc1ccc(Br)cc1)C1CC1C(=O)Nc1cccc(F)c1. The summed E-state index contributed by atoms with van der Waals surface area (Å²) in [6, 6.07) is 12.9. The lowest BCUT2D eigenvalue weighted by Crippen LogP contribution is -2.20. The fourth-order valence-electron chi connectivity index (χ4n) is 2.34. The van der Waals surface area contributed by atoms with Gasteiger partial charge in [0.25, 0.3) is 0 Å². The number of anilines is 2. The van der Waals surface area contributed by atoms with Crippen LogP contribution in [0, 0.1) is 17.7 Å². The molecule has 118 valence electrons. The third kappa shape index (κ3) is 3.96. The summed E-state index contributed by atoms with van der Waals surface area (Å²) in [4.78, 5) is 24.2. The Morgan fingerprint density at radius 3 is 2.17 bits per heavy atom. The van der Waals surface area contributed by atoms with Gasteiger partial charge in [-0.25, -0.2) is 4.39 Å². The van der Waals surface area contributed by atoms with Crippen molar-refractivity contribution < 1.29 is 14.0 Å². The Kier molecular flexibility index (Phi) is 4.43. The zero-order chi connectivity index (χ0) is 16.4. The maximum Gasteiger partial charge on any atom is 0.228 e. The molecule has 6 heteroatoms. The highest BCUT2D eigenvalue weighted by Crippen LogP contribution is 2.40. The van der Waals surface area contributed by atoms with Crippen molar-refractivity contribution in [3.8, 4) is 0 Å². The molecule has 1 aliphatic rings. The van der Waals surface area contributed by atoms with Gasteiger partial charge in [0.05, 0.1) is 11.8 Å². The molecule has 2 N–H and O–H groups in total. The summed E-state index contributed by atoms with van der Waals surface area (Å²) < 4.78 is 14.0. The predicted molar refractivity (Wildman–Crippen MR) is 89.4 cm³/mol. The van der Waals surface area contributed by atoms with Crippen molar-refractivity contribution >= 4 is 39.1 Å². The molecule has 0 saturated heterocycles. The van der Waals surface area contributed by atoms with E-state index in [0.29, 0.717) is 17.8 Å². The lowest BCUT2D eigenvalue weighted by atomic mass is 10.2. The maximum absolute atomic E-state index is 13.1. The van der Waals surface area contributed by atoms with E-state index >= 15 is 0 Å². The molecular formula is C17H14BrFN2O2. The van der Waals surface area contributed by atoms with Crippen LogP contribution in [0.25, 0.3) is 0 Å². The number of carbonyl (C=O) groups is 2. The van der Waals surface area contributed by atoms with Crippen LogP contribution in [-0.2, 0) is 9.59 Å². The highest BCUT2D eigenvalue weighted by atomic mass is 79.9. The van der Waals surface area contributed by atoms with Crippen molar-refractivity contribution in [3.05, 3.63) is 58.8 Å². The third-order valence-electron chi connectivity index (χ3n) is 3.67. The van der Waals surface area contributed by atoms with Crippen LogP contribution >= 0.6 is 15.9 Å². The molecule has 2 aromatic carbocycles. The van der Waals surface area contributed by atoms with E-state index in [-0.39, 0.29) is 23.7 Å². The van der Waals surface area contributed by atoms with Crippen molar-refractivity contribution in [1.82, 2.24) is 0 Å². The normalized spacial score (nSPS) is 19.0. The van der Waals surface area contributed by atoms with E-state index in [9.17, 15) is 14.0 Å². The van der Waals surface area contributed by atoms with Crippen LogP contribution in [0.4, 0.5) is 15.8 Å². The molecule has 1 saturated carbocycles. The second-order valence-corrected chi connectivity index (χ2v) is 6.36. The van der Waals surface area contributed by atoms with E-state index in [4.69, 9.17) is 0 Å². The first-order chi connectivity index (χ1) is 11.0. The van der Waals surface area contributed by atoms with Gasteiger partial charge in [-0.05, 0) is 48.9 Å². The Hall–Kier alpha value is -2.21. The van der Waals surface area contributed by atoms with Crippen molar-refractivity contribution in [2.24, 2.45) is 11.8 Å². The monoisotopic (exact) mass is 376 g/mol. The summed E-state index contributed by atoms with van der Waals surface area (Å²) in [6.45, 7) is 0. The van der Waals surface area contributed by atoms with Crippen LogP contribution < -0.4 is 10.6 Å². The number of benzene rings is 2. The minimum atomic E-state index is -0.414. The number of nitrogens with one attached hydrogen (secondary N) is 2. The standard InChI is InChI=1S/C17H14BrFN2O2/c18-10-4-6-12(7-5-10)20-16(22)14-9-15(14)17(23)21-13-3-1-2-11(19)8-13/h1-8,14-15H,9H2,(H,20,22)(H,21,23). The van der Waals surface area contributed by atoms with E-state index in [2.05, 4.69) is 26.6 Å². The molecule has 4 nitrogen and oxygen atoms in total. The molecule has 23 heavy (non-hydrogen) atoms. The van der Waals surface area contributed by atoms with Gasteiger partial charge < -0.3 is 10.6 Å². The van der Waals surface area contributed by atoms with Gasteiger partial charge in [0.1, 0.15) is 5.82 Å². The van der Waals surface area contributed by atoms with Crippen LogP contribution in [0.15, 0.2) is 53.0 Å². The number of hydrogen-bond donors (Lipinski definition) is 2. The van der Waals surface area contributed by atoms with Crippen LogP contribution in [0.2, 0.25) is 0 Å². The molecule has 1 aliphatic carbocycles. The summed E-state index contributed by atoms with van der Waals surface area (Å²) in [7, 11) is 0. The second kappa shape index (κ2) is 6.50. The lowest BCUT2D eigenvalue weighted by molar-refractivity contribution is -0.122. The number of halogens is 2. The van der Waals surface area contributed by atoms with Crippen LogP contribution in [0.1, 0.15) is 6.42 Å². The Morgan fingerprint density at radius 1 is 0.957 bits per heavy atom. The Morgan fingerprint density at radius 2 is 1.57 bits per heavy atom. The molecule has 0 spiro atoms. The molecule has 3 rings (SSSR count). The molecular weight excluding hydrogens is 363 g/mol. The fourth-order valence-corrected chi connectivity index (χ4v) is 2.61. The average molecular weight is 377 g/mol. The second-order valence-electron chi connectivity index (χ2n) is 5.44. The zero-order valence-electron chi connectivity index (χ0n) is 12.1. The molecule has 2 amide bonds. The van der Waals surface area contributed by atoms with Crippen molar-refractivity contribution in [2.45, 2.75) is 6.42 Å². The third-order valence-corrected chi connectivity index (χ3v) is 4.20. The topological polar surface area (TPSA) is 58.2 Å². The first-order valence-electron chi connectivity index (χ1n) is 7.16. The number of amides is 2. The van der Waals surface area contributed by atoms with E-state index < -0.39 is 5.82 Å². The van der Waals surface area contributed by atoms with Gasteiger partial charge in [0.15, 0.2) is 0 Å². The molecule has 2 atom stereocenters. The van der Waals surface area contributed by atoms with Crippen molar-refractivity contribution in [1.29, 1.82) is 0 Å². The van der Waals surface area contributed by atoms with Gasteiger partial charge in [-0.15, -0.1) is 0 Å². The van der Waals surface area contributed by atoms with Gasteiger partial charge in [0.2, 0.25) is 11.8 Å². The van der Waals surface area contributed by atoms with Crippen molar-refractivity contribution in [2.75, 3.05) is 10.6 Å². The summed E-state index contributed by atoms with van der Waals surface area (Å²) >= 11 is 3.33. The molecule has 1 fully saturated rings. The summed E-state index contributed by atoms with van der Waals surface area (Å²) in [6.07, 6.45) is 0.503. The summed E-state index contributed by atoms with van der Waals surface area (Å²) in [5.74, 6) is -1.55. The first kappa shape index (κ1) is 15.7. The quantitative estimate of drug-likeness (QED) is 0.852. The Labute approximate surface area is 141 Å². The van der Waals surface area contributed by atoms with Gasteiger partial charge >= 0.3 is 0 Å². The van der Waals surface area contributed by atoms with Gasteiger partial charge in [-0.3, -0.25) is 9.59 Å². The van der Waals surface area contributed by atoms with Crippen LogP contribution in [0.5, 0.6) is 0 Å². The Bertz CT molecular complexity index is 749. The largest absolute Gasteiger partial charge is 0.326 e. The first-order valence-corrected chi connectivity index (χ1v) is 7.95. The summed E-state index contributed by atoms with van der Waals surface area (Å²) in [5, 5.41) is 5.42. The molecule has 0 aromatic heterocycles. The highest BCUT2D eigenvalue weighted by Gasteiger charge is 2.48. The molecule has 0 radical (unpaired) electrons. The molecule has 0 aliphatic heterocycles. The van der Waals surface area contributed by atoms with Gasteiger partial charge in [-0.1, -0.05) is 22.0 Å². The molecule has 2 aromatic rings. The smallest absolute Gasteiger partial charge is 0.228 e. The molecule has 0 bridgehead atoms. The Balaban J connectivity index is 1.55. The minimum Gasteiger partial charge on any atom is -0.326 e.